The van der Waals surface area contributed by atoms with Crippen molar-refractivity contribution in [2.24, 2.45) is 46.3 Å². The van der Waals surface area contributed by atoms with Crippen molar-refractivity contribution in [3.63, 3.8) is 0 Å². The van der Waals surface area contributed by atoms with Gasteiger partial charge in [0.1, 0.15) is 6.79 Å². The first kappa shape index (κ1) is 24.5. The van der Waals surface area contributed by atoms with Gasteiger partial charge in [0.05, 0.1) is 6.10 Å². The molecule has 0 aliphatic heterocycles. The molecule has 0 spiro atoms. The summed E-state index contributed by atoms with van der Waals surface area (Å²) in [6.07, 6.45) is 14.7. The summed E-state index contributed by atoms with van der Waals surface area (Å²) in [5, 5.41) is 0. The van der Waals surface area contributed by atoms with Crippen molar-refractivity contribution in [3.05, 3.63) is 11.6 Å². The largest absolute Gasteiger partial charge is 0.359 e. The minimum Gasteiger partial charge on any atom is -0.359 e. The summed E-state index contributed by atoms with van der Waals surface area (Å²) in [5.41, 5.74) is 2.06. The Balaban J connectivity index is 1.51. The van der Waals surface area contributed by atoms with Gasteiger partial charge in [0, 0.05) is 13.0 Å². The molecule has 4 aliphatic rings. The van der Waals surface area contributed by atoms with Crippen LogP contribution in [0.5, 0.6) is 0 Å². The summed E-state index contributed by atoms with van der Waals surface area (Å²) >= 11 is 0. The van der Waals surface area contributed by atoms with Crippen LogP contribution in [0.15, 0.2) is 11.6 Å². The summed E-state index contributed by atoms with van der Waals surface area (Å²) < 4.78 is 11.0. The van der Waals surface area contributed by atoms with Gasteiger partial charge >= 0.3 is 0 Å². The monoisotopic (exact) mass is 444 g/mol. The Kier molecular flexibility index (Phi) is 7.28. The number of hydrogen-bond donors (Lipinski definition) is 0. The van der Waals surface area contributed by atoms with Gasteiger partial charge in [-0.1, -0.05) is 59.5 Å². The van der Waals surface area contributed by atoms with E-state index >= 15 is 0 Å². The van der Waals surface area contributed by atoms with Crippen molar-refractivity contribution in [3.8, 4) is 0 Å². The van der Waals surface area contributed by atoms with Gasteiger partial charge in [-0.2, -0.15) is 0 Å². The highest BCUT2D eigenvalue weighted by Crippen LogP contribution is 2.66. The zero-order chi connectivity index (χ0) is 23.1. The van der Waals surface area contributed by atoms with Crippen LogP contribution >= 0.6 is 0 Å². The molecule has 4 rings (SSSR count). The zero-order valence-corrected chi connectivity index (χ0v) is 21.6. The molecule has 0 radical (unpaired) electrons. The number of carbonyl (C=O) groups is 1. The van der Waals surface area contributed by atoms with Crippen LogP contribution in [0.3, 0.4) is 0 Å². The van der Waals surface area contributed by atoms with E-state index in [1.807, 2.05) is 0 Å². The summed E-state index contributed by atoms with van der Waals surface area (Å²) in [6.45, 7) is 12.6. The second-order valence-corrected chi connectivity index (χ2v) is 12.7. The number of allylic oxidation sites excluding steroid dienone is 2. The highest BCUT2D eigenvalue weighted by Gasteiger charge is 2.59. The van der Waals surface area contributed by atoms with Crippen LogP contribution in [-0.2, 0) is 14.3 Å². The SMILES string of the molecule is COCO[C@H]1CC[C@@]2(C)[C@H](C1)C(=O)C=C1[C@@H]2CC[C@]2(C)[C@@H]([C@H](C)CCCC(C)C)CC[C@@H]12. The standard InChI is InChI=1S/C29H48O3/c1-19(2)8-7-9-20(3)23-10-11-24-22-17-27(30)26-16-21(32-18-31-6)12-14-29(26,5)25(22)13-15-28(23,24)4/h17,19-21,23-26H,7-16,18H2,1-6H3/t20-,21+,23-,24+,25+,26-,28-,29-/m1/s1. The number of ketones is 1. The number of carbonyl (C=O) groups excluding carboxylic acids is 1. The Morgan fingerprint density at radius 2 is 1.69 bits per heavy atom. The van der Waals surface area contributed by atoms with Gasteiger partial charge in [-0.15, -0.1) is 0 Å². The van der Waals surface area contributed by atoms with Crippen LogP contribution < -0.4 is 0 Å². The Hall–Kier alpha value is -0.670. The van der Waals surface area contributed by atoms with E-state index in [0.717, 1.165) is 37.0 Å². The predicted octanol–water partition coefficient (Wildman–Crippen LogP) is 7.20. The van der Waals surface area contributed by atoms with Crippen LogP contribution in [0.2, 0.25) is 0 Å². The van der Waals surface area contributed by atoms with E-state index in [0.29, 0.717) is 29.8 Å². The lowest BCUT2D eigenvalue weighted by atomic mass is 9.47. The van der Waals surface area contributed by atoms with Crippen LogP contribution in [0.25, 0.3) is 0 Å². The number of methoxy groups -OCH3 is 1. The fourth-order valence-electron chi connectivity index (χ4n) is 8.67. The molecule has 182 valence electrons. The molecule has 3 heteroatoms. The minimum atomic E-state index is 0.121. The Morgan fingerprint density at radius 3 is 2.41 bits per heavy atom. The number of rotatable bonds is 8. The first-order valence-corrected chi connectivity index (χ1v) is 13.6. The zero-order valence-electron chi connectivity index (χ0n) is 21.6. The Morgan fingerprint density at radius 1 is 0.969 bits per heavy atom. The highest BCUT2D eigenvalue weighted by molar-refractivity contribution is 5.94. The lowest BCUT2D eigenvalue weighted by Crippen LogP contribution is -2.52. The van der Waals surface area contributed by atoms with Gasteiger partial charge in [0.2, 0.25) is 0 Å². The summed E-state index contributed by atoms with van der Waals surface area (Å²) in [5.74, 6) is 4.18. The van der Waals surface area contributed by atoms with Crippen LogP contribution in [0.4, 0.5) is 0 Å². The van der Waals surface area contributed by atoms with Crippen molar-refractivity contribution in [2.75, 3.05) is 13.9 Å². The Bertz CT molecular complexity index is 711. The molecule has 0 bridgehead atoms. The second-order valence-electron chi connectivity index (χ2n) is 12.7. The van der Waals surface area contributed by atoms with Crippen molar-refractivity contribution in [1.82, 2.24) is 0 Å². The molecule has 3 saturated carbocycles. The van der Waals surface area contributed by atoms with Gasteiger partial charge in [0.25, 0.3) is 0 Å². The molecular weight excluding hydrogens is 396 g/mol. The van der Waals surface area contributed by atoms with E-state index in [2.05, 4.69) is 40.7 Å². The third-order valence-electron chi connectivity index (χ3n) is 10.5. The first-order valence-electron chi connectivity index (χ1n) is 13.6. The third kappa shape index (κ3) is 4.26. The Labute approximate surface area is 197 Å². The van der Waals surface area contributed by atoms with E-state index in [9.17, 15) is 4.79 Å². The quantitative estimate of drug-likeness (QED) is 0.371. The summed E-state index contributed by atoms with van der Waals surface area (Å²) in [4.78, 5) is 13.5. The third-order valence-corrected chi connectivity index (χ3v) is 10.5. The first-order chi connectivity index (χ1) is 15.2. The van der Waals surface area contributed by atoms with Gasteiger partial charge in [-0.25, -0.2) is 0 Å². The second kappa shape index (κ2) is 9.53. The number of ether oxygens (including phenoxy) is 2. The molecule has 0 N–H and O–H groups in total. The molecule has 32 heavy (non-hydrogen) atoms. The van der Waals surface area contributed by atoms with Crippen molar-refractivity contribution in [1.29, 1.82) is 0 Å². The van der Waals surface area contributed by atoms with E-state index in [1.165, 1.54) is 44.9 Å². The molecule has 4 aliphatic carbocycles. The molecule has 0 amide bonds. The van der Waals surface area contributed by atoms with Crippen molar-refractivity contribution >= 4 is 5.78 Å². The average Bonchev–Trinajstić information content (AvgIpc) is 3.10. The van der Waals surface area contributed by atoms with E-state index in [1.54, 1.807) is 12.7 Å². The van der Waals surface area contributed by atoms with Crippen molar-refractivity contribution < 1.29 is 14.3 Å². The molecule has 0 aromatic carbocycles. The fourth-order valence-corrected chi connectivity index (χ4v) is 8.67. The van der Waals surface area contributed by atoms with E-state index < -0.39 is 0 Å². The average molecular weight is 445 g/mol. The molecule has 0 heterocycles. The van der Waals surface area contributed by atoms with E-state index in [-0.39, 0.29) is 17.4 Å². The highest BCUT2D eigenvalue weighted by atomic mass is 16.7. The molecule has 0 unspecified atom stereocenters. The molecule has 0 saturated heterocycles. The van der Waals surface area contributed by atoms with Crippen molar-refractivity contribution in [2.45, 2.75) is 105 Å². The van der Waals surface area contributed by atoms with Crippen LogP contribution in [0, 0.1) is 46.3 Å². The van der Waals surface area contributed by atoms with Gasteiger partial charge < -0.3 is 9.47 Å². The maximum atomic E-state index is 13.5. The normalized spacial score (nSPS) is 42.3. The molecular formula is C29H48O3. The van der Waals surface area contributed by atoms with Crippen LogP contribution in [-0.4, -0.2) is 25.8 Å². The molecule has 0 aromatic heterocycles. The maximum absolute atomic E-state index is 13.5. The lowest BCUT2D eigenvalue weighted by molar-refractivity contribution is -0.142. The molecule has 3 fully saturated rings. The summed E-state index contributed by atoms with van der Waals surface area (Å²) in [7, 11) is 1.67. The van der Waals surface area contributed by atoms with E-state index in [4.69, 9.17) is 9.47 Å². The maximum Gasteiger partial charge on any atom is 0.159 e. The molecule has 3 nitrogen and oxygen atoms in total. The molecule has 0 aromatic rings. The lowest BCUT2D eigenvalue weighted by Gasteiger charge is -2.57. The fraction of sp³-hybridized carbons (Fsp3) is 0.897. The van der Waals surface area contributed by atoms with Gasteiger partial charge in [-0.05, 0) is 91.4 Å². The smallest absolute Gasteiger partial charge is 0.159 e. The molecule has 8 atom stereocenters. The number of fused-ring (bicyclic) bond motifs is 5. The summed E-state index contributed by atoms with van der Waals surface area (Å²) in [6, 6.07) is 0. The minimum absolute atomic E-state index is 0.121. The van der Waals surface area contributed by atoms with Crippen LogP contribution in [0.1, 0.15) is 98.8 Å². The van der Waals surface area contributed by atoms with Gasteiger partial charge in [-0.3, -0.25) is 4.79 Å². The topological polar surface area (TPSA) is 35.5 Å². The predicted molar refractivity (Wildman–Crippen MR) is 130 cm³/mol. The number of hydrogen-bond acceptors (Lipinski definition) is 3. The van der Waals surface area contributed by atoms with Gasteiger partial charge in [0.15, 0.2) is 5.78 Å².